The van der Waals surface area contributed by atoms with Crippen LogP contribution in [0.15, 0.2) is 48.5 Å². The first-order chi connectivity index (χ1) is 11.2. The van der Waals surface area contributed by atoms with Crippen LogP contribution in [-0.2, 0) is 6.42 Å². The summed E-state index contributed by atoms with van der Waals surface area (Å²) < 4.78 is 18.5. The van der Waals surface area contributed by atoms with Gasteiger partial charge in [-0.05, 0) is 36.6 Å². The SMILES string of the molecule is O=C(NCCOc1cccc(F)c1)N1CCCc2ccccc21. The number of nitrogens with zero attached hydrogens (tertiary/aromatic N) is 1. The first kappa shape index (κ1) is 15.3. The Kier molecular flexibility index (Phi) is 4.76. The zero-order valence-electron chi connectivity index (χ0n) is 12.8. The van der Waals surface area contributed by atoms with Crippen LogP contribution in [0.25, 0.3) is 0 Å². The highest BCUT2D eigenvalue weighted by Crippen LogP contribution is 2.26. The number of amides is 2. The van der Waals surface area contributed by atoms with Gasteiger partial charge in [0.1, 0.15) is 18.2 Å². The Bertz CT molecular complexity index is 690. The molecule has 4 nitrogen and oxygen atoms in total. The number of nitrogens with one attached hydrogen (secondary N) is 1. The number of carbonyl (C=O) groups is 1. The third-order valence-corrected chi connectivity index (χ3v) is 3.80. The average molecular weight is 314 g/mol. The number of hydrogen-bond donors (Lipinski definition) is 1. The fraction of sp³-hybridized carbons (Fsp3) is 0.278. The van der Waals surface area contributed by atoms with Gasteiger partial charge < -0.3 is 10.1 Å². The summed E-state index contributed by atoms with van der Waals surface area (Å²) in [5.41, 5.74) is 2.17. The smallest absolute Gasteiger partial charge is 0.321 e. The van der Waals surface area contributed by atoms with E-state index >= 15 is 0 Å². The van der Waals surface area contributed by atoms with Crippen molar-refractivity contribution in [1.82, 2.24) is 5.32 Å². The minimum atomic E-state index is -0.337. The normalized spacial score (nSPS) is 13.3. The maximum absolute atomic E-state index is 13.0. The summed E-state index contributed by atoms with van der Waals surface area (Å²) in [4.78, 5) is 14.1. The van der Waals surface area contributed by atoms with E-state index < -0.39 is 0 Å². The number of anilines is 1. The van der Waals surface area contributed by atoms with Crippen molar-refractivity contribution in [2.75, 3.05) is 24.6 Å². The van der Waals surface area contributed by atoms with Gasteiger partial charge in [-0.2, -0.15) is 0 Å². The molecule has 2 aromatic rings. The van der Waals surface area contributed by atoms with Gasteiger partial charge in [0.2, 0.25) is 0 Å². The Hall–Kier alpha value is -2.56. The Balaban J connectivity index is 1.50. The number of ether oxygens (including phenoxy) is 1. The second kappa shape index (κ2) is 7.13. The molecular formula is C18H19FN2O2. The van der Waals surface area contributed by atoms with E-state index in [1.54, 1.807) is 17.0 Å². The van der Waals surface area contributed by atoms with Gasteiger partial charge >= 0.3 is 6.03 Å². The molecule has 1 aliphatic rings. The Morgan fingerprint density at radius 1 is 1.22 bits per heavy atom. The summed E-state index contributed by atoms with van der Waals surface area (Å²) in [7, 11) is 0. The minimum absolute atomic E-state index is 0.125. The number of rotatable bonds is 4. The molecular weight excluding hydrogens is 295 g/mol. The molecule has 0 atom stereocenters. The van der Waals surface area contributed by atoms with Crippen molar-refractivity contribution in [3.05, 3.63) is 59.9 Å². The van der Waals surface area contributed by atoms with Gasteiger partial charge in [-0.3, -0.25) is 4.90 Å². The number of carbonyl (C=O) groups excluding carboxylic acids is 1. The Morgan fingerprint density at radius 2 is 2.09 bits per heavy atom. The minimum Gasteiger partial charge on any atom is -0.492 e. The van der Waals surface area contributed by atoms with Crippen LogP contribution in [0.4, 0.5) is 14.9 Å². The van der Waals surface area contributed by atoms with Gasteiger partial charge in [0.15, 0.2) is 0 Å². The lowest BCUT2D eigenvalue weighted by Crippen LogP contribution is -2.44. The highest BCUT2D eigenvalue weighted by Gasteiger charge is 2.21. The number of halogens is 1. The van der Waals surface area contributed by atoms with Crippen LogP contribution >= 0.6 is 0 Å². The first-order valence-corrected chi connectivity index (χ1v) is 7.76. The third kappa shape index (κ3) is 3.80. The van der Waals surface area contributed by atoms with Crippen LogP contribution in [0.2, 0.25) is 0 Å². The topological polar surface area (TPSA) is 41.6 Å². The molecule has 0 radical (unpaired) electrons. The largest absolute Gasteiger partial charge is 0.492 e. The summed E-state index contributed by atoms with van der Waals surface area (Å²) in [5, 5.41) is 2.85. The van der Waals surface area contributed by atoms with Crippen LogP contribution in [-0.4, -0.2) is 25.7 Å². The number of para-hydroxylation sites is 1. The van der Waals surface area contributed by atoms with E-state index in [2.05, 4.69) is 11.4 Å². The predicted octanol–water partition coefficient (Wildman–Crippen LogP) is 3.37. The Morgan fingerprint density at radius 3 is 2.96 bits per heavy atom. The van der Waals surface area contributed by atoms with Gasteiger partial charge in [-0.15, -0.1) is 0 Å². The number of hydrogen-bond acceptors (Lipinski definition) is 2. The molecule has 23 heavy (non-hydrogen) atoms. The molecule has 0 bridgehead atoms. The van der Waals surface area contributed by atoms with E-state index in [0.717, 1.165) is 18.5 Å². The summed E-state index contributed by atoms with van der Waals surface area (Å²) in [6.07, 6.45) is 1.97. The van der Waals surface area contributed by atoms with Crippen molar-refractivity contribution >= 4 is 11.7 Å². The molecule has 3 rings (SSSR count). The average Bonchev–Trinajstić information content (AvgIpc) is 2.58. The molecule has 1 aliphatic heterocycles. The van der Waals surface area contributed by atoms with Gasteiger partial charge in [0, 0.05) is 18.3 Å². The number of urea groups is 1. The molecule has 1 heterocycles. The lowest BCUT2D eigenvalue weighted by Gasteiger charge is -2.29. The van der Waals surface area contributed by atoms with Crippen molar-refractivity contribution in [3.8, 4) is 5.75 Å². The van der Waals surface area contributed by atoms with Gasteiger partial charge in [-0.25, -0.2) is 9.18 Å². The molecule has 0 saturated carbocycles. The highest BCUT2D eigenvalue weighted by atomic mass is 19.1. The van der Waals surface area contributed by atoms with Crippen molar-refractivity contribution in [1.29, 1.82) is 0 Å². The highest BCUT2D eigenvalue weighted by molar-refractivity contribution is 5.93. The van der Waals surface area contributed by atoms with Gasteiger partial charge in [-0.1, -0.05) is 24.3 Å². The van der Waals surface area contributed by atoms with Crippen LogP contribution in [0.5, 0.6) is 5.75 Å². The number of aryl methyl sites for hydroxylation is 1. The molecule has 0 spiro atoms. The van der Waals surface area contributed by atoms with E-state index in [-0.39, 0.29) is 11.8 Å². The van der Waals surface area contributed by atoms with E-state index in [1.165, 1.54) is 17.7 Å². The van der Waals surface area contributed by atoms with E-state index in [4.69, 9.17) is 4.74 Å². The fourth-order valence-electron chi connectivity index (χ4n) is 2.72. The van der Waals surface area contributed by atoms with E-state index in [1.807, 2.05) is 18.2 Å². The maximum Gasteiger partial charge on any atom is 0.321 e. The van der Waals surface area contributed by atoms with Crippen LogP contribution < -0.4 is 15.0 Å². The first-order valence-electron chi connectivity index (χ1n) is 7.76. The lowest BCUT2D eigenvalue weighted by molar-refractivity contribution is 0.241. The molecule has 0 unspecified atom stereocenters. The van der Waals surface area contributed by atoms with Crippen LogP contribution in [0.3, 0.4) is 0 Å². The predicted molar refractivity (Wildman–Crippen MR) is 87.4 cm³/mol. The lowest BCUT2D eigenvalue weighted by atomic mass is 10.0. The number of fused-ring (bicyclic) bond motifs is 1. The van der Waals surface area contributed by atoms with E-state index in [9.17, 15) is 9.18 Å². The monoisotopic (exact) mass is 314 g/mol. The number of benzene rings is 2. The molecule has 2 amide bonds. The van der Waals surface area contributed by atoms with Gasteiger partial charge in [0.05, 0.1) is 6.54 Å². The van der Waals surface area contributed by atoms with Gasteiger partial charge in [0.25, 0.3) is 0 Å². The summed E-state index contributed by atoms with van der Waals surface area (Å²) in [6, 6.07) is 13.8. The van der Waals surface area contributed by atoms with Crippen molar-refractivity contribution in [2.24, 2.45) is 0 Å². The molecule has 0 aliphatic carbocycles. The quantitative estimate of drug-likeness (QED) is 0.879. The summed E-state index contributed by atoms with van der Waals surface area (Å²) in [5.74, 6) is 0.124. The summed E-state index contributed by atoms with van der Waals surface area (Å²) >= 11 is 0. The molecule has 0 fully saturated rings. The van der Waals surface area contributed by atoms with Crippen molar-refractivity contribution in [2.45, 2.75) is 12.8 Å². The fourth-order valence-corrected chi connectivity index (χ4v) is 2.72. The Labute approximate surface area is 134 Å². The molecule has 0 aromatic heterocycles. The molecule has 0 saturated heterocycles. The molecule has 2 aromatic carbocycles. The van der Waals surface area contributed by atoms with E-state index in [0.29, 0.717) is 25.4 Å². The maximum atomic E-state index is 13.0. The van der Waals surface area contributed by atoms with Crippen LogP contribution in [0, 0.1) is 5.82 Å². The van der Waals surface area contributed by atoms with Crippen LogP contribution in [0.1, 0.15) is 12.0 Å². The third-order valence-electron chi connectivity index (χ3n) is 3.80. The molecule has 120 valence electrons. The zero-order chi connectivity index (χ0) is 16.1. The van der Waals surface area contributed by atoms with Crippen molar-refractivity contribution in [3.63, 3.8) is 0 Å². The summed E-state index contributed by atoms with van der Waals surface area (Å²) in [6.45, 7) is 1.38. The standard InChI is InChI=1S/C18H19FN2O2/c19-15-7-3-8-16(13-15)23-12-10-20-18(22)21-11-4-6-14-5-1-2-9-17(14)21/h1-3,5,7-9,13H,4,6,10-12H2,(H,20,22). The molecule has 1 N–H and O–H groups in total. The molecule has 5 heteroatoms. The second-order valence-corrected chi connectivity index (χ2v) is 5.42. The second-order valence-electron chi connectivity index (χ2n) is 5.42. The zero-order valence-corrected chi connectivity index (χ0v) is 12.8. The van der Waals surface area contributed by atoms with Crippen molar-refractivity contribution < 1.29 is 13.9 Å².